The Balaban J connectivity index is 2.23. The van der Waals surface area contributed by atoms with E-state index >= 15 is 0 Å². The number of nitrogens with zero attached hydrogens (tertiary/aromatic N) is 1. The molecule has 1 aromatic rings. The van der Waals surface area contributed by atoms with Crippen molar-refractivity contribution in [3.63, 3.8) is 0 Å². The average molecular weight is 225 g/mol. The zero-order valence-corrected chi connectivity index (χ0v) is 8.89. The first-order valence-electron chi connectivity index (χ1n) is 5.22. The van der Waals surface area contributed by atoms with Crippen molar-refractivity contribution in [2.24, 2.45) is 0 Å². The number of aliphatic hydroxyl groups excluding tert-OH is 3. The molecule has 5 atom stereocenters. The Bertz CT molecular complexity index is 345. The van der Waals surface area contributed by atoms with Crippen LogP contribution in [0.4, 0.5) is 0 Å². The molecule has 5 nitrogen and oxygen atoms in total. The van der Waals surface area contributed by atoms with Crippen LogP contribution in [0.1, 0.15) is 18.7 Å². The molecule has 0 saturated carbocycles. The second kappa shape index (κ2) is 4.47. The van der Waals surface area contributed by atoms with Crippen molar-refractivity contribution < 1.29 is 20.1 Å². The lowest BCUT2D eigenvalue weighted by atomic mass is 9.94. The van der Waals surface area contributed by atoms with E-state index < -0.39 is 30.5 Å². The van der Waals surface area contributed by atoms with Gasteiger partial charge in [-0.15, -0.1) is 0 Å². The maximum Gasteiger partial charge on any atom is 0.128 e. The lowest BCUT2D eigenvalue weighted by molar-refractivity contribution is -0.220. The van der Waals surface area contributed by atoms with E-state index in [0.29, 0.717) is 5.69 Å². The predicted molar refractivity (Wildman–Crippen MR) is 55.5 cm³/mol. The highest BCUT2D eigenvalue weighted by atomic mass is 16.5. The minimum Gasteiger partial charge on any atom is -0.388 e. The van der Waals surface area contributed by atoms with Gasteiger partial charge in [0.15, 0.2) is 0 Å². The summed E-state index contributed by atoms with van der Waals surface area (Å²) in [6.45, 7) is 1.65. The molecule has 0 spiro atoms. The molecule has 0 radical (unpaired) electrons. The van der Waals surface area contributed by atoms with E-state index in [4.69, 9.17) is 4.74 Å². The van der Waals surface area contributed by atoms with Crippen LogP contribution < -0.4 is 0 Å². The molecule has 1 aliphatic rings. The molecule has 2 rings (SSSR count). The standard InChI is InChI=1S/C11H15NO4/c1-6-8(13)9(14)10(15)11(16-6)7-4-2-3-5-12-7/h2-6,8-11,13-15H,1H3. The smallest absolute Gasteiger partial charge is 0.128 e. The number of hydrogen-bond acceptors (Lipinski definition) is 5. The van der Waals surface area contributed by atoms with Crippen molar-refractivity contribution in [2.75, 3.05) is 0 Å². The maximum absolute atomic E-state index is 9.80. The van der Waals surface area contributed by atoms with Crippen molar-refractivity contribution in [3.8, 4) is 0 Å². The Morgan fingerprint density at radius 1 is 1.12 bits per heavy atom. The van der Waals surface area contributed by atoms with Crippen LogP contribution in [0.2, 0.25) is 0 Å². The van der Waals surface area contributed by atoms with Gasteiger partial charge in [0.05, 0.1) is 11.8 Å². The van der Waals surface area contributed by atoms with Gasteiger partial charge in [0.25, 0.3) is 0 Å². The number of hydrogen-bond donors (Lipinski definition) is 3. The summed E-state index contributed by atoms with van der Waals surface area (Å²) in [5.41, 5.74) is 0.549. The summed E-state index contributed by atoms with van der Waals surface area (Å²) >= 11 is 0. The monoisotopic (exact) mass is 225 g/mol. The van der Waals surface area contributed by atoms with Crippen LogP contribution in [0.3, 0.4) is 0 Å². The van der Waals surface area contributed by atoms with Gasteiger partial charge in [0.1, 0.15) is 24.4 Å². The Labute approximate surface area is 93.3 Å². The molecule has 0 aliphatic carbocycles. The van der Waals surface area contributed by atoms with Crippen LogP contribution in [0, 0.1) is 0 Å². The molecule has 0 amide bonds. The molecule has 3 N–H and O–H groups in total. The first-order valence-corrected chi connectivity index (χ1v) is 5.22. The fourth-order valence-electron chi connectivity index (χ4n) is 1.84. The summed E-state index contributed by atoms with van der Waals surface area (Å²) in [6.07, 6.45) is -3.10. The summed E-state index contributed by atoms with van der Waals surface area (Å²) < 4.78 is 5.44. The topological polar surface area (TPSA) is 82.8 Å². The Morgan fingerprint density at radius 3 is 2.50 bits per heavy atom. The molecule has 1 aliphatic heterocycles. The molecule has 1 aromatic heterocycles. The summed E-state index contributed by atoms with van der Waals surface area (Å²) in [4.78, 5) is 4.07. The van der Waals surface area contributed by atoms with Crippen molar-refractivity contribution >= 4 is 0 Å². The molecule has 16 heavy (non-hydrogen) atoms. The van der Waals surface area contributed by atoms with Gasteiger partial charge in [-0.05, 0) is 19.1 Å². The SMILES string of the molecule is CC1OC(c2ccccn2)C(O)C(O)C1O. The van der Waals surface area contributed by atoms with Gasteiger partial charge in [-0.2, -0.15) is 0 Å². The van der Waals surface area contributed by atoms with Gasteiger partial charge in [0.2, 0.25) is 0 Å². The van der Waals surface area contributed by atoms with Crippen molar-refractivity contribution in [2.45, 2.75) is 37.4 Å². The second-order valence-corrected chi connectivity index (χ2v) is 3.99. The number of aromatic nitrogens is 1. The molecule has 0 bridgehead atoms. The van der Waals surface area contributed by atoms with Gasteiger partial charge in [-0.25, -0.2) is 0 Å². The van der Waals surface area contributed by atoms with Crippen molar-refractivity contribution in [1.29, 1.82) is 0 Å². The van der Waals surface area contributed by atoms with E-state index in [1.54, 1.807) is 31.3 Å². The molecule has 0 aromatic carbocycles. The van der Waals surface area contributed by atoms with Gasteiger partial charge < -0.3 is 20.1 Å². The molecule has 5 heteroatoms. The highest BCUT2D eigenvalue weighted by molar-refractivity contribution is 5.11. The largest absolute Gasteiger partial charge is 0.388 e. The maximum atomic E-state index is 9.80. The van der Waals surface area contributed by atoms with E-state index in [2.05, 4.69) is 4.98 Å². The number of aliphatic hydroxyl groups is 3. The van der Waals surface area contributed by atoms with Crippen LogP contribution in [0.25, 0.3) is 0 Å². The third-order valence-corrected chi connectivity index (χ3v) is 2.83. The summed E-state index contributed by atoms with van der Waals surface area (Å²) in [5, 5.41) is 29.0. The van der Waals surface area contributed by atoms with Crippen LogP contribution in [-0.2, 0) is 4.74 Å². The summed E-state index contributed by atoms with van der Waals surface area (Å²) in [5.74, 6) is 0. The first kappa shape index (κ1) is 11.5. The molecule has 2 heterocycles. The highest BCUT2D eigenvalue weighted by Crippen LogP contribution is 2.30. The molecule has 1 saturated heterocycles. The van der Waals surface area contributed by atoms with E-state index in [1.165, 1.54) is 0 Å². The predicted octanol–water partition coefficient (Wildman–Crippen LogP) is -0.376. The second-order valence-electron chi connectivity index (χ2n) is 3.99. The van der Waals surface area contributed by atoms with E-state index in [1.807, 2.05) is 0 Å². The minimum atomic E-state index is -1.21. The minimum absolute atomic E-state index is 0.537. The zero-order valence-electron chi connectivity index (χ0n) is 8.89. The van der Waals surface area contributed by atoms with Crippen LogP contribution >= 0.6 is 0 Å². The lowest BCUT2D eigenvalue weighted by Gasteiger charge is -2.39. The summed E-state index contributed by atoms with van der Waals surface area (Å²) in [7, 11) is 0. The normalized spacial score (nSPS) is 39.6. The number of rotatable bonds is 1. The van der Waals surface area contributed by atoms with Gasteiger partial charge in [-0.3, -0.25) is 4.98 Å². The zero-order chi connectivity index (χ0) is 11.7. The third-order valence-electron chi connectivity index (χ3n) is 2.83. The number of ether oxygens (including phenoxy) is 1. The molecular formula is C11H15NO4. The fraction of sp³-hybridized carbons (Fsp3) is 0.545. The quantitative estimate of drug-likeness (QED) is 0.607. The lowest BCUT2D eigenvalue weighted by Crippen LogP contribution is -2.53. The van der Waals surface area contributed by atoms with E-state index in [9.17, 15) is 15.3 Å². The number of pyridine rings is 1. The molecule has 88 valence electrons. The van der Waals surface area contributed by atoms with Crippen LogP contribution in [-0.4, -0.2) is 44.7 Å². The first-order chi connectivity index (χ1) is 7.61. The van der Waals surface area contributed by atoms with Crippen LogP contribution in [0.15, 0.2) is 24.4 Å². The highest BCUT2D eigenvalue weighted by Gasteiger charge is 2.42. The third kappa shape index (κ3) is 1.94. The average Bonchev–Trinajstić information content (AvgIpc) is 2.32. The van der Waals surface area contributed by atoms with Crippen LogP contribution in [0.5, 0.6) is 0 Å². The fourth-order valence-corrected chi connectivity index (χ4v) is 1.84. The molecule has 5 unspecified atom stereocenters. The Morgan fingerprint density at radius 2 is 1.88 bits per heavy atom. The van der Waals surface area contributed by atoms with E-state index in [-0.39, 0.29) is 0 Å². The molecular weight excluding hydrogens is 210 g/mol. The Kier molecular flexibility index (Phi) is 3.20. The summed E-state index contributed by atoms with van der Waals surface area (Å²) in [6, 6.07) is 5.25. The van der Waals surface area contributed by atoms with Crippen molar-refractivity contribution in [1.82, 2.24) is 4.98 Å². The molecule has 1 fully saturated rings. The Hall–Kier alpha value is -1.01. The van der Waals surface area contributed by atoms with E-state index in [0.717, 1.165) is 0 Å². The van der Waals surface area contributed by atoms with Gasteiger partial charge in [0, 0.05) is 6.20 Å². The van der Waals surface area contributed by atoms with Crippen molar-refractivity contribution in [3.05, 3.63) is 30.1 Å². The van der Waals surface area contributed by atoms with Gasteiger partial charge in [-0.1, -0.05) is 6.07 Å². The van der Waals surface area contributed by atoms with Gasteiger partial charge >= 0.3 is 0 Å².